The lowest BCUT2D eigenvalue weighted by Gasteiger charge is -2.09. The molecular formula is C16H14F3N5O2S. The molecule has 7 nitrogen and oxygen atoms in total. The first-order chi connectivity index (χ1) is 12.7. The summed E-state index contributed by atoms with van der Waals surface area (Å²) in [7, 11) is 1.54. The predicted octanol–water partition coefficient (Wildman–Crippen LogP) is 2.67. The van der Waals surface area contributed by atoms with Gasteiger partial charge in [0.05, 0.1) is 11.3 Å². The number of hydrogen-bond acceptors (Lipinski definition) is 5. The lowest BCUT2D eigenvalue weighted by Crippen LogP contribution is -2.29. The molecule has 1 aromatic carbocycles. The first kappa shape index (κ1) is 18.8. The van der Waals surface area contributed by atoms with E-state index in [2.05, 4.69) is 14.8 Å². The molecule has 2 heterocycles. The van der Waals surface area contributed by atoms with E-state index in [0.717, 1.165) is 28.3 Å². The van der Waals surface area contributed by atoms with Crippen molar-refractivity contribution in [3.63, 3.8) is 0 Å². The summed E-state index contributed by atoms with van der Waals surface area (Å²) in [5.74, 6) is -0.0849. The molecule has 27 heavy (non-hydrogen) atoms. The molecule has 0 spiro atoms. The quantitative estimate of drug-likeness (QED) is 0.734. The fourth-order valence-corrected chi connectivity index (χ4v) is 3.04. The van der Waals surface area contributed by atoms with Crippen LogP contribution in [0, 0.1) is 6.92 Å². The Bertz CT molecular complexity index is 1050. The van der Waals surface area contributed by atoms with Crippen LogP contribution in [0.5, 0.6) is 0 Å². The van der Waals surface area contributed by atoms with E-state index in [1.54, 1.807) is 6.92 Å². The number of nitrogens with one attached hydrogen (secondary N) is 1. The number of benzene rings is 1. The maximum atomic E-state index is 12.9. The average molecular weight is 397 g/mol. The standard InChI is InChI=1S/C16H14F3N5O2S/c1-9-21-24(15(26)23(9)2)7-13(25)20-12-8-27-22-14(12)10-4-3-5-11(6-10)16(17,18)19/h3-6,8H,7H2,1-2H3,(H,20,25). The van der Waals surface area contributed by atoms with E-state index in [9.17, 15) is 22.8 Å². The van der Waals surface area contributed by atoms with E-state index in [1.165, 1.54) is 29.1 Å². The van der Waals surface area contributed by atoms with Crippen LogP contribution in [0.25, 0.3) is 11.3 Å². The molecule has 0 aliphatic heterocycles. The highest BCUT2D eigenvalue weighted by Crippen LogP contribution is 2.34. The van der Waals surface area contributed by atoms with Crippen molar-refractivity contribution in [2.24, 2.45) is 7.05 Å². The van der Waals surface area contributed by atoms with Crippen molar-refractivity contribution in [2.75, 3.05) is 5.32 Å². The van der Waals surface area contributed by atoms with Crippen LogP contribution in [0.2, 0.25) is 0 Å². The van der Waals surface area contributed by atoms with E-state index >= 15 is 0 Å². The van der Waals surface area contributed by atoms with E-state index in [4.69, 9.17) is 0 Å². The molecule has 0 radical (unpaired) electrons. The van der Waals surface area contributed by atoms with Crippen molar-refractivity contribution >= 4 is 23.1 Å². The molecule has 1 amide bonds. The van der Waals surface area contributed by atoms with Gasteiger partial charge in [0.25, 0.3) is 0 Å². The molecule has 3 aromatic rings. The number of anilines is 1. The molecular weight excluding hydrogens is 383 g/mol. The molecule has 0 aliphatic rings. The lowest BCUT2D eigenvalue weighted by molar-refractivity contribution is -0.137. The number of halogens is 3. The smallest absolute Gasteiger partial charge is 0.322 e. The van der Waals surface area contributed by atoms with Gasteiger partial charge in [-0.15, -0.1) is 0 Å². The molecule has 2 aromatic heterocycles. The van der Waals surface area contributed by atoms with E-state index in [-0.39, 0.29) is 23.5 Å². The summed E-state index contributed by atoms with van der Waals surface area (Å²) in [6.45, 7) is 1.31. The second kappa shape index (κ2) is 6.99. The van der Waals surface area contributed by atoms with Crippen LogP contribution in [0.4, 0.5) is 18.9 Å². The number of carbonyl (C=O) groups is 1. The van der Waals surface area contributed by atoms with Crippen LogP contribution in [0.3, 0.4) is 0 Å². The second-order valence-electron chi connectivity index (χ2n) is 5.75. The topological polar surface area (TPSA) is 81.8 Å². The summed E-state index contributed by atoms with van der Waals surface area (Å²) < 4.78 is 45.1. The number of amides is 1. The third-order valence-electron chi connectivity index (χ3n) is 3.86. The minimum absolute atomic E-state index is 0.226. The Morgan fingerprint density at radius 1 is 1.33 bits per heavy atom. The fourth-order valence-electron chi connectivity index (χ4n) is 2.40. The number of carbonyl (C=O) groups excluding carboxylic acids is 1. The van der Waals surface area contributed by atoms with E-state index in [0.29, 0.717) is 5.82 Å². The van der Waals surface area contributed by atoms with E-state index in [1.807, 2.05) is 0 Å². The number of alkyl halides is 3. The minimum Gasteiger partial charge on any atom is -0.322 e. The van der Waals surface area contributed by atoms with Crippen LogP contribution in [-0.4, -0.2) is 24.6 Å². The Kier molecular flexibility index (Phi) is 4.87. The number of rotatable bonds is 4. The Morgan fingerprint density at radius 3 is 2.70 bits per heavy atom. The van der Waals surface area contributed by atoms with Gasteiger partial charge in [-0.2, -0.15) is 22.6 Å². The van der Waals surface area contributed by atoms with Gasteiger partial charge < -0.3 is 5.32 Å². The van der Waals surface area contributed by atoms with E-state index < -0.39 is 23.3 Å². The first-order valence-electron chi connectivity index (χ1n) is 7.69. The monoisotopic (exact) mass is 397 g/mol. The molecule has 0 bridgehead atoms. The maximum absolute atomic E-state index is 12.9. The fraction of sp³-hybridized carbons (Fsp3) is 0.250. The highest BCUT2D eigenvalue weighted by atomic mass is 32.1. The van der Waals surface area contributed by atoms with Crippen molar-refractivity contribution < 1.29 is 18.0 Å². The Labute approximate surface area is 155 Å². The van der Waals surface area contributed by atoms with Crippen molar-refractivity contribution in [1.82, 2.24) is 18.7 Å². The highest BCUT2D eigenvalue weighted by Gasteiger charge is 2.30. The number of nitrogens with zero attached hydrogens (tertiary/aromatic N) is 4. The zero-order valence-corrected chi connectivity index (χ0v) is 15.1. The molecule has 0 saturated carbocycles. The summed E-state index contributed by atoms with van der Waals surface area (Å²) in [6.07, 6.45) is -4.48. The van der Waals surface area contributed by atoms with Gasteiger partial charge in [-0.25, -0.2) is 9.48 Å². The van der Waals surface area contributed by atoms with Crippen LogP contribution in [0.15, 0.2) is 34.4 Å². The number of aryl methyl sites for hydroxylation is 1. The molecule has 3 rings (SSSR count). The van der Waals surface area contributed by atoms with Crippen molar-refractivity contribution in [3.8, 4) is 11.3 Å². The zero-order chi connectivity index (χ0) is 19.8. The van der Waals surface area contributed by atoms with Gasteiger partial charge in [-0.3, -0.25) is 9.36 Å². The molecule has 0 saturated heterocycles. The molecule has 0 aliphatic carbocycles. The summed E-state index contributed by atoms with van der Waals surface area (Å²) in [5, 5.41) is 8.05. The molecule has 11 heteroatoms. The van der Waals surface area contributed by atoms with Crippen LogP contribution in [-0.2, 0) is 24.6 Å². The Morgan fingerprint density at radius 2 is 2.07 bits per heavy atom. The van der Waals surface area contributed by atoms with Crippen LogP contribution in [0.1, 0.15) is 11.4 Å². The van der Waals surface area contributed by atoms with Crippen molar-refractivity contribution in [2.45, 2.75) is 19.6 Å². The molecule has 0 atom stereocenters. The van der Waals surface area contributed by atoms with Gasteiger partial charge in [0.2, 0.25) is 5.91 Å². The third kappa shape index (κ3) is 3.92. The van der Waals surface area contributed by atoms with Gasteiger partial charge in [0, 0.05) is 18.0 Å². The van der Waals surface area contributed by atoms with Gasteiger partial charge >= 0.3 is 11.9 Å². The summed E-state index contributed by atoms with van der Waals surface area (Å²) >= 11 is 0.998. The highest BCUT2D eigenvalue weighted by molar-refractivity contribution is 7.04. The number of hydrogen-bond donors (Lipinski definition) is 1. The van der Waals surface area contributed by atoms with Gasteiger partial charge in [0.1, 0.15) is 18.1 Å². The van der Waals surface area contributed by atoms with Crippen LogP contribution < -0.4 is 11.0 Å². The maximum Gasteiger partial charge on any atom is 0.416 e. The minimum atomic E-state index is -4.48. The number of aromatic nitrogens is 4. The molecule has 1 N–H and O–H groups in total. The van der Waals surface area contributed by atoms with Crippen molar-refractivity contribution in [3.05, 3.63) is 51.5 Å². The predicted molar refractivity (Wildman–Crippen MR) is 93.4 cm³/mol. The zero-order valence-electron chi connectivity index (χ0n) is 14.2. The Balaban J connectivity index is 1.82. The normalized spacial score (nSPS) is 11.6. The summed E-state index contributed by atoms with van der Waals surface area (Å²) in [5.41, 5.74) is -0.522. The second-order valence-corrected chi connectivity index (χ2v) is 6.38. The summed E-state index contributed by atoms with van der Waals surface area (Å²) in [4.78, 5) is 24.2. The molecule has 0 fully saturated rings. The van der Waals surface area contributed by atoms with Gasteiger partial charge in [0.15, 0.2) is 0 Å². The molecule has 0 unspecified atom stereocenters. The van der Waals surface area contributed by atoms with Gasteiger partial charge in [-0.05, 0) is 30.6 Å². The largest absolute Gasteiger partial charge is 0.416 e. The van der Waals surface area contributed by atoms with Gasteiger partial charge in [-0.1, -0.05) is 12.1 Å². The first-order valence-corrected chi connectivity index (χ1v) is 8.53. The van der Waals surface area contributed by atoms with Crippen LogP contribution >= 0.6 is 11.5 Å². The lowest BCUT2D eigenvalue weighted by atomic mass is 10.1. The summed E-state index contributed by atoms with van der Waals surface area (Å²) in [6, 6.07) is 4.69. The van der Waals surface area contributed by atoms with Crippen molar-refractivity contribution in [1.29, 1.82) is 0 Å². The average Bonchev–Trinajstić information content (AvgIpc) is 3.15. The third-order valence-corrected chi connectivity index (χ3v) is 4.49. The molecule has 142 valence electrons. The Hall–Kier alpha value is -2.95. The SMILES string of the molecule is Cc1nn(CC(=O)Nc2csnc2-c2cccc(C(F)(F)F)c2)c(=O)n1C.